The topological polar surface area (TPSA) is 68.3 Å². The molecule has 1 rings (SSSR count). The SMILES string of the molecule is C=C(C)CN(C)S(=O)(=O)c1cc(CN)n(C)c1. The minimum atomic E-state index is -3.45. The zero-order valence-electron chi connectivity index (χ0n) is 10.5. The fourth-order valence-electron chi connectivity index (χ4n) is 1.57. The number of nitrogens with two attached hydrogens (primary N) is 1. The normalized spacial score (nSPS) is 12.1. The minimum absolute atomic E-state index is 0.268. The van der Waals surface area contributed by atoms with Gasteiger partial charge in [0.1, 0.15) is 4.90 Å². The molecular formula is C11H19N3O2S. The van der Waals surface area contributed by atoms with Gasteiger partial charge in [0, 0.05) is 39.1 Å². The van der Waals surface area contributed by atoms with Crippen LogP contribution in [0.25, 0.3) is 0 Å². The highest BCUT2D eigenvalue weighted by atomic mass is 32.2. The Morgan fingerprint density at radius 2 is 2.18 bits per heavy atom. The van der Waals surface area contributed by atoms with E-state index in [-0.39, 0.29) is 4.90 Å². The van der Waals surface area contributed by atoms with Gasteiger partial charge in [-0.1, -0.05) is 12.2 Å². The highest BCUT2D eigenvalue weighted by Crippen LogP contribution is 2.17. The molecule has 17 heavy (non-hydrogen) atoms. The standard InChI is InChI=1S/C11H19N3O2S/c1-9(2)7-14(4)17(15,16)11-5-10(6-12)13(3)8-11/h5,8H,1,6-7,12H2,2-4H3. The van der Waals surface area contributed by atoms with Crippen LogP contribution in [0.2, 0.25) is 0 Å². The molecule has 0 aliphatic carbocycles. The maximum absolute atomic E-state index is 12.2. The van der Waals surface area contributed by atoms with Crippen molar-refractivity contribution < 1.29 is 8.42 Å². The number of nitrogens with zero attached hydrogens (tertiary/aromatic N) is 2. The summed E-state index contributed by atoms with van der Waals surface area (Å²) < 4.78 is 27.4. The van der Waals surface area contributed by atoms with Crippen LogP contribution < -0.4 is 5.73 Å². The maximum atomic E-state index is 12.2. The van der Waals surface area contributed by atoms with Gasteiger partial charge in [-0.15, -0.1) is 0 Å². The van der Waals surface area contributed by atoms with Crippen LogP contribution in [0.1, 0.15) is 12.6 Å². The van der Waals surface area contributed by atoms with Gasteiger partial charge in [-0.25, -0.2) is 8.42 Å². The van der Waals surface area contributed by atoms with E-state index < -0.39 is 10.0 Å². The molecule has 0 unspecified atom stereocenters. The Hall–Kier alpha value is -1.11. The molecule has 1 heterocycles. The quantitative estimate of drug-likeness (QED) is 0.789. The first kappa shape index (κ1) is 14.0. The van der Waals surface area contributed by atoms with E-state index in [0.717, 1.165) is 11.3 Å². The Morgan fingerprint density at radius 3 is 2.59 bits per heavy atom. The molecule has 0 atom stereocenters. The summed E-state index contributed by atoms with van der Waals surface area (Å²) in [4.78, 5) is 0.268. The largest absolute Gasteiger partial charge is 0.352 e. The zero-order valence-corrected chi connectivity index (χ0v) is 11.3. The number of aryl methyl sites for hydroxylation is 1. The van der Waals surface area contributed by atoms with Gasteiger partial charge in [0.15, 0.2) is 0 Å². The third-order valence-corrected chi connectivity index (χ3v) is 4.26. The molecule has 5 nitrogen and oxygen atoms in total. The maximum Gasteiger partial charge on any atom is 0.244 e. The average molecular weight is 257 g/mol. The van der Waals surface area contributed by atoms with Gasteiger partial charge in [-0.05, 0) is 13.0 Å². The molecule has 0 radical (unpaired) electrons. The van der Waals surface area contributed by atoms with Crippen LogP contribution >= 0.6 is 0 Å². The lowest BCUT2D eigenvalue weighted by atomic mass is 10.4. The van der Waals surface area contributed by atoms with Gasteiger partial charge in [0.25, 0.3) is 0 Å². The Morgan fingerprint density at radius 1 is 1.59 bits per heavy atom. The van der Waals surface area contributed by atoms with E-state index in [1.165, 1.54) is 4.31 Å². The number of hydrogen-bond acceptors (Lipinski definition) is 3. The molecule has 1 aromatic heterocycles. The molecule has 0 amide bonds. The Kier molecular flexibility index (Phi) is 4.13. The van der Waals surface area contributed by atoms with E-state index in [0.29, 0.717) is 13.1 Å². The minimum Gasteiger partial charge on any atom is -0.352 e. The summed E-state index contributed by atoms with van der Waals surface area (Å²) in [5.41, 5.74) is 7.10. The zero-order chi connectivity index (χ0) is 13.2. The number of rotatable bonds is 5. The summed E-state index contributed by atoms with van der Waals surface area (Å²) in [6.07, 6.45) is 1.58. The van der Waals surface area contributed by atoms with E-state index in [4.69, 9.17) is 5.73 Å². The van der Waals surface area contributed by atoms with Gasteiger partial charge in [0.2, 0.25) is 10.0 Å². The number of aromatic nitrogens is 1. The van der Waals surface area contributed by atoms with Crippen molar-refractivity contribution in [1.82, 2.24) is 8.87 Å². The van der Waals surface area contributed by atoms with Crippen molar-refractivity contribution in [1.29, 1.82) is 0 Å². The second-order valence-electron chi connectivity index (χ2n) is 4.20. The van der Waals surface area contributed by atoms with E-state index >= 15 is 0 Å². The molecule has 0 aliphatic heterocycles. The summed E-state index contributed by atoms with van der Waals surface area (Å²) in [6, 6.07) is 1.60. The molecule has 0 bridgehead atoms. The molecule has 0 aromatic carbocycles. The predicted molar refractivity (Wildman–Crippen MR) is 67.9 cm³/mol. The van der Waals surface area contributed by atoms with Crippen LogP contribution in [0.3, 0.4) is 0 Å². The lowest BCUT2D eigenvalue weighted by molar-refractivity contribution is 0.493. The first-order chi connectivity index (χ1) is 7.78. The van der Waals surface area contributed by atoms with E-state index in [1.807, 2.05) is 0 Å². The van der Waals surface area contributed by atoms with E-state index in [9.17, 15) is 8.42 Å². The van der Waals surface area contributed by atoms with E-state index in [2.05, 4.69) is 6.58 Å². The molecule has 0 aliphatic rings. The van der Waals surface area contributed by atoms with Gasteiger partial charge >= 0.3 is 0 Å². The second-order valence-corrected chi connectivity index (χ2v) is 6.25. The summed E-state index contributed by atoms with van der Waals surface area (Å²) >= 11 is 0. The Labute approximate surface area is 103 Å². The molecule has 2 N–H and O–H groups in total. The molecule has 1 aromatic rings. The predicted octanol–water partition coefficient (Wildman–Crippen LogP) is 0.680. The van der Waals surface area contributed by atoms with Crippen LogP contribution in [-0.4, -0.2) is 30.9 Å². The van der Waals surface area contributed by atoms with Crippen molar-refractivity contribution in [2.45, 2.75) is 18.4 Å². The van der Waals surface area contributed by atoms with Crippen LogP contribution in [-0.2, 0) is 23.6 Å². The smallest absolute Gasteiger partial charge is 0.244 e. The second kappa shape index (κ2) is 5.03. The molecule has 0 saturated carbocycles. The lowest BCUT2D eigenvalue weighted by Gasteiger charge is -2.15. The van der Waals surface area contributed by atoms with Gasteiger partial charge < -0.3 is 10.3 Å². The molecular weight excluding hydrogens is 238 g/mol. The number of likely N-dealkylation sites (N-methyl/N-ethyl adjacent to an activating group) is 1. The van der Waals surface area contributed by atoms with Crippen LogP contribution in [0.4, 0.5) is 0 Å². The average Bonchev–Trinajstić information content (AvgIpc) is 2.59. The van der Waals surface area contributed by atoms with Crippen LogP contribution in [0, 0.1) is 0 Å². The molecule has 96 valence electrons. The van der Waals surface area contributed by atoms with Crippen LogP contribution in [0.5, 0.6) is 0 Å². The lowest BCUT2D eigenvalue weighted by Crippen LogP contribution is -2.28. The monoisotopic (exact) mass is 257 g/mol. The number of sulfonamides is 1. The fraction of sp³-hybridized carbons (Fsp3) is 0.455. The van der Waals surface area contributed by atoms with Crippen molar-refractivity contribution in [2.24, 2.45) is 12.8 Å². The third-order valence-electron chi connectivity index (χ3n) is 2.49. The highest BCUT2D eigenvalue weighted by molar-refractivity contribution is 7.89. The highest BCUT2D eigenvalue weighted by Gasteiger charge is 2.22. The van der Waals surface area contributed by atoms with Gasteiger partial charge in [-0.2, -0.15) is 4.31 Å². The summed E-state index contributed by atoms with van der Waals surface area (Å²) in [5, 5.41) is 0. The third kappa shape index (κ3) is 2.96. The Bertz CT molecular complexity index is 517. The summed E-state index contributed by atoms with van der Waals surface area (Å²) in [6.45, 7) is 6.13. The Balaban J connectivity index is 3.08. The fourth-order valence-corrected chi connectivity index (χ4v) is 2.89. The molecule has 0 saturated heterocycles. The van der Waals surface area contributed by atoms with Gasteiger partial charge in [0.05, 0.1) is 0 Å². The van der Waals surface area contributed by atoms with Crippen molar-refractivity contribution in [3.8, 4) is 0 Å². The van der Waals surface area contributed by atoms with Crippen molar-refractivity contribution in [2.75, 3.05) is 13.6 Å². The van der Waals surface area contributed by atoms with Crippen LogP contribution in [0.15, 0.2) is 29.3 Å². The first-order valence-corrected chi connectivity index (χ1v) is 6.69. The summed E-state index contributed by atoms with van der Waals surface area (Å²) in [5.74, 6) is 0. The van der Waals surface area contributed by atoms with E-state index in [1.54, 1.807) is 37.8 Å². The van der Waals surface area contributed by atoms with Crippen molar-refractivity contribution in [3.05, 3.63) is 30.1 Å². The van der Waals surface area contributed by atoms with Crippen molar-refractivity contribution >= 4 is 10.0 Å². The molecule has 0 spiro atoms. The first-order valence-electron chi connectivity index (χ1n) is 5.25. The number of hydrogen-bond donors (Lipinski definition) is 1. The summed E-state index contributed by atoms with van der Waals surface area (Å²) in [7, 11) is -0.131. The van der Waals surface area contributed by atoms with Gasteiger partial charge in [-0.3, -0.25) is 0 Å². The molecule has 0 fully saturated rings. The van der Waals surface area contributed by atoms with Crippen molar-refractivity contribution in [3.63, 3.8) is 0 Å². The molecule has 6 heteroatoms.